The molecule has 10 heteroatoms. The maximum Gasteiger partial charge on any atom is 0.231 e. The molecule has 0 aliphatic carbocycles. The third kappa shape index (κ3) is 3.40. The summed E-state index contributed by atoms with van der Waals surface area (Å²) in [6, 6.07) is 7.27. The van der Waals surface area contributed by atoms with E-state index in [4.69, 9.17) is 13.9 Å². The first-order chi connectivity index (χ1) is 11.3. The first-order valence-electron chi connectivity index (χ1n) is 6.89. The number of fused-ring (bicyclic) bond motifs is 1. The first kappa shape index (κ1) is 16.8. The summed E-state index contributed by atoms with van der Waals surface area (Å²) in [5.41, 5.74) is 0. The van der Waals surface area contributed by atoms with E-state index < -0.39 is 25.1 Å². The highest BCUT2D eigenvalue weighted by Gasteiger charge is 2.33. The number of hydrogen-bond acceptors (Lipinski definition) is 7. The summed E-state index contributed by atoms with van der Waals surface area (Å²) in [7, 11) is -7.49. The number of benzene rings is 1. The Kier molecular flexibility index (Phi) is 4.28. The van der Waals surface area contributed by atoms with Gasteiger partial charge in [0.05, 0.1) is 17.4 Å². The maximum atomic E-state index is 13.0. The highest BCUT2D eigenvalue weighted by Crippen LogP contribution is 2.37. The van der Waals surface area contributed by atoms with E-state index in [2.05, 4.69) is 4.72 Å². The lowest BCUT2D eigenvalue weighted by Crippen LogP contribution is -2.31. The van der Waals surface area contributed by atoms with Crippen molar-refractivity contribution < 1.29 is 30.7 Å². The van der Waals surface area contributed by atoms with Gasteiger partial charge in [0, 0.05) is 12.6 Å². The van der Waals surface area contributed by atoms with Crippen LogP contribution in [0.4, 0.5) is 0 Å². The van der Waals surface area contributed by atoms with Crippen molar-refractivity contribution in [1.82, 2.24) is 4.72 Å². The topological polar surface area (TPSA) is 112 Å². The standard InChI is InChI=1S/C14H15NO7S2/c1-23(16,17)15-8-14(12-3-2-6-20-12)24(18,19)10-4-5-11-13(7-10)22-9-21-11/h2-7,14-15H,8-9H2,1H3/t14-/m1/s1. The largest absolute Gasteiger partial charge is 0.468 e. The Morgan fingerprint density at radius 1 is 1.12 bits per heavy atom. The Hall–Kier alpha value is -2.04. The zero-order valence-corrected chi connectivity index (χ0v) is 14.3. The molecule has 3 rings (SSSR count). The second kappa shape index (κ2) is 6.11. The highest BCUT2D eigenvalue weighted by atomic mass is 32.2. The lowest BCUT2D eigenvalue weighted by Gasteiger charge is -2.16. The average Bonchev–Trinajstić information content (AvgIpc) is 3.16. The molecule has 0 saturated heterocycles. The fourth-order valence-corrected chi connectivity index (χ4v) is 4.46. The van der Waals surface area contributed by atoms with Gasteiger partial charge >= 0.3 is 0 Å². The van der Waals surface area contributed by atoms with Crippen LogP contribution in [0.15, 0.2) is 45.9 Å². The molecule has 2 heterocycles. The minimum absolute atomic E-state index is 0.0107. The molecule has 0 saturated carbocycles. The van der Waals surface area contributed by atoms with Gasteiger partial charge in [-0.2, -0.15) is 0 Å². The van der Waals surface area contributed by atoms with Crippen LogP contribution in [-0.4, -0.2) is 36.4 Å². The quantitative estimate of drug-likeness (QED) is 0.806. The molecule has 2 aromatic rings. The molecule has 130 valence electrons. The van der Waals surface area contributed by atoms with Crippen molar-refractivity contribution in [2.75, 3.05) is 19.6 Å². The van der Waals surface area contributed by atoms with E-state index in [0.29, 0.717) is 11.5 Å². The van der Waals surface area contributed by atoms with Crippen molar-refractivity contribution in [3.63, 3.8) is 0 Å². The van der Waals surface area contributed by atoms with Gasteiger partial charge in [0.15, 0.2) is 21.3 Å². The molecule has 0 unspecified atom stereocenters. The molecule has 1 atom stereocenters. The summed E-state index contributed by atoms with van der Waals surface area (Å²) in [6.45, 7) is -0.320. The van der Waals surface area contributed by atoms with Crippen molar-refractivity contribution in [2.24, 2.45) is 0 Å². The SMILES string of the molecule is CS(=O)(=O)NC[C@H](c1ccco1)S(=O)(=O)c1ccc2c(c1)OCO2. The highest BCUT2D eigenvalue weighted by molar-refractivity contribution is 7.92. The Morgan fingerprint density at radius 2 is 1.88 bits per heavy atom. The third-order valence-corrected chi connectivity index (χ3v) is 6.19. The fraction of sp³-hybridized carbons (Fsp3) is 0.286. The Labute approximate surface area is 139 Å². The van der Waals surface area contributed by atoms with Crippen molar-refractivity contribution in [1.29, 1.82) is 0 Å². The predicted octanol–water partition coefficient (Wildman–Crippen LogP) is 1.07. The zero-order valence-electron chi connectivity index (χ0n) is 12.6. The van der Waals surface area contributed by atoms with Gasteiger partial charge in [-0.3, -0.25) is 0 Å². The van der Waals surface area contributed by atoms with Crippen LogP contribution in [0.1, 0.15) is 11.0 Å². The summed E-state index contributed by atoms with van der Waals surface area (Å²) >= 11 is 0. The van der Waals surface area contributed by atoms with Crippen LogP contribution in [0.25, 0.3) is 0 Å². The van der Waals surface area contributed by atoms with Crippen LogP contribution in [0.2, 0.25) is 0 Å². The van der Waals surface area contributed by atoms with E-state index >= 15 is 0 Å². The molecular weight excluding hydrogens is 358 g/mol. The maximum absolute atomic E-state index is 13.0. The molecule has 1 aliphatic heterocycles. The van der Waals surface area contributed by atoms with E-state index in [9.17, 15) is 16.8 Å². The summed E-state index contributed by atoms with van der Waals surface area (Å²) in [4.78, 5) is -0.0107. The zero-order chi connectivity index (χ0) is 17.4. The van der Waals surface area contributed by atoms with E-state index in [1.165, 1.54) is 36.6 Å². The van der Waals surface area contributed by atoms with Crippen LogP contribution in [0.3, 0.4) is 0 Å². The van der Waals surface area contributed by atoms with E-state index in [-0.39, 0.29) is 24.0 Å². The lowest BCUT2D eigenvalue weighted by atomic mass is 10.3. The summed E-state index contributed by atoms with van der Waals surface area (Å²) in [5, 5.41) is -1.21. The molecule has 0 fully saturated rings. The van der Waals surface area contributed by atoms with Gasteiger partial charge in [0.2, 0.25) is 16.8 Å². The molecular formula is C14H15NO7S2. The third-order valence-electron chi connectivity index (χ3n) is 3.44. The van der Waals surface area contributed by atoms with Crippen LogP contribution >= 0.6 is 0 Å². The van der Waals surface area contributed by atoms with Crippen LogP contribution < -0.4 is 14.2 Å². The molecule has 1 aliphatic rings. The van der Waals surface area contributed by atoms with Crippen molar-refractivity contribution in [3.05, 3.63) is 42.4 Å². The van der Waals surface area contributed by atoms with Gasteiger partial charge in [0.1, 0.15) is 11.0 Å². The molecule has 1 N–H and O–H groups in total. The molecule has 0 radical (unpaired) electrons. The molecule has 24 heavy (non-hydrogen) atoms. The Balaban J connectivity index is 1.99. The summed E-state index contributed by atoms with van der Waals surface area (Å²) < 4.78 is 66.4. The smallest absolute Gasteiger partial charge is 0.231 e. The van der Waals surface area contributed by atoms with E-state index in [1.807, 2.05) is 0 Å². The second-order valence-electron chi connectivity index (χ2n) is 5.18. The number of hydrogen-bond donors (Lipinski definition) is 1. The normalized spacial score (nSPS) is 15.4. The number of sulfonamides is 1. The van der Waals surface area contributed by atoms with E-state index in [0.717, 1.165) is 6.26 Å². The predicted molar refractivity (Wildman–Crippen MR) is 84.0 cm³/mol. The Bertz CT molecular complexity index is 934. The number of nitrogens with one attached hydrogen (secondary N) is 1. The van der Waals surface area contributed by atoms with Gasteiger partial charge in [-0.25, -0.2) is 21.6 Å². The van der Waals surface area contributed by atoms with Crippen molar-refractivity contribution in [2.45, 2.75) is 10.1 Å². The average molecular weight is 373 g/mol. The van der Waals surface area contributed by atoms with Gasteiger partial charge < -0.3 is 13.9 Å². The summed E-state index contributed by atoms with van der Waals surface area (Å²) in [5.74, 6) is 0.923. The second-order valence-corrected chi connectivity index (χ2v) is 9.15. The number of ether oxygens (including phenoxy) is 2. The van der Waals surface area contributed by atoms with Crippen LogP contribution in [-0.2, 0) is 19.9 Å². The van der Waals surface area contributed by atoms with Gasteiger partial charge in [0.25, 0.3) is 0 Å². The van der Waals surface area contributed by atoms with Gasteiger partial charge in [-0.1, -0.05) is 0 Å². The number of sulfone groups is 1. The number of rotatable bonds is 6. The molecule has 1 aromatic heterocycles. The fourth-order valence-electron chi connectivity index (χ4n) is 2.28. The minimum atomic E-state index is -3.92. The monoisotopic (exact) mass is 373 g/mol. The lowest BCUT2D eigenvalue weighted by molar-refractivity contribution is 0.174. The van der Waals surface area contributed by atoms with Gasteiger partial charge in [-0.05, 0) is 24.3 Å². The van der Waals surface area contributed by atoms with Crippen molar-refractivity contribution >= 4 is 19.9 Å². The van der Waals surface area contributed by atoms with Crippen molar-refractivity contribution in [3.8, 4) is 11.5 Å². The van der Waals surface area contributed by atoms with Gasteiger partial charge in [-0.15, -0.1) is 0 Å². The molecule has 0 spiro atoms. The first-order valence-corrected chi connectivity index (χ1v) is 10.3. The number of furan rings is 1. The van der Waals surface area contributed by atoms with E-state index in [1.54, 1.807) is 0 Å². The Morgan fingerprint density at radius 3 is 2.54 bits per heavy atom. The minimum Gasteiger partial charge on any atom is -0.468 e. The molecule has 0 bridgehead atoms. The van der Waals surface area contributed by atoms with Crippen LogP contribution in [0.5, 0.6) is 11.5 Å². The molecule has 1 aromatic carbocycles. The summed E-state index contributed by atoms with van der Waals surface area (Å²) in [6.07, 6.45) is 2.29. The van der Waals surface area contributed by atoms with Crippen LogP contribution in [0, 0.1) is 0 Å². The molecule has 0 amide bonds. The molecule has 8 nitrogen and oxygen atoms in total.